The molecule has 0 aliphatic carbocycles. The summed E-state index contributed by atoms with van der Waals surface area (Å²) in [5, 5.41) is 12.0. The van der Waals surface area contributed by atoms with Crippen LogP contribution in [0.1, 0.15) is 25.3 Å². The van der Waals surface area contributed by atoms with Crippen molar-refractivity contribution in [2.45, 2.75) is 19.4 Å². The van der Waals surface area contributed by atoms with Crippen molar-refractivity contribution in [3.05, 3.63) is 34.1 Å². The molecule has 1 heterocycles. The Bertz CT molecular complexity index is 538. The minimum Gasteiger partial charge on any atom is -0.419 e. The number of aromatic nitrogens is 2. The summed E-state index contributed by atoms with van der Waals surface area (Å²) in [4.78, 5) is 0. The summed E-state index contributed by atoms with van der Waals surface area (Å²) in [6.07, 6.45) is 0.863. The normalized spacial score (nSPS) is 12.7. The maximum atomic E-state index is 6.11. The third kappa shape index (κ3) is 2.51. The van der Waals surface area contributed by atoms with Crippen LogP contribution in [-0.4, -0.2) is 17.2 Å². The van der Waals surface area contributed by atoms with E-state index in [0.29, 0.717) is 27.4 Å². The highest BCUT2D eigenvalue weighted by molar-refractivity contribution is 6.43. The van der Waals surface area contributed by atoms with Crippen molar-refractivity contribution in [1.29, 1.82) is 0 Å². The third-order valence-electron chi connectivity index (χ3n) is 2.68. The Morgan fingerprint density at radius 1 is 1.33 bits per heavy atom. The lowest BCUT2D eigenvalue weighted by Gasteiger charge is -2.07. The molecule has 2 rings (SSSR count). The third-order valence-corrected chi connectivity index (χ3v) is 3.50. The van der Waals surface area contributed by atoms with Gasteiger partial charge < -0.3 is 9.73 Å². The lowest BCUT2D eigenvalue weighted by atomic mass is 10.2. The first-order valence-electron chi connectivity index (χ1n) is 5.62. The van der Waals surface area contributed by atoms with E-state index in [2.05, 4.69) is 15.5 Å². The quantitative estimate of drug-likeness (QED) is 0.930. The maximum Gasteiger partial charge on any atom is 0.249 e. The lowest BCUT2D eigenvalue weighted by Crippen LogP contribution is -2.15. The van der Waals surface area contributed by atoms with E-state index in [4.69, 9.17) is 27.6 Å². The largest absolute Gasteiger partial charge is 0.419 e. The molecule has 1 aromatic heterocycles. The molecule has 0 saturated heterocycles. The number of halogens is 2. The Labute approximate surface area is 115 Å². The van der Waals surface area contributed by atoms with Gasteiger partial charge in [0.1, 0.15) is 0 Å². The Morgan fingerprint density at radius 3 is 2.78 bits per heavy atom. The maximum absolute atomic E-state index is 6.11. The molecule has 0 amide bonds. The fourth-order valence-corrected chi connectivity index (χ4v) is 2.04. The van der Waals surface area contributed by atoms with Crippen LogP contribution in [0.2, 0.25) is 10.0 Å². The second-order valence-corrected chi connectivity index (χ2v) is 4.58. The van der Waals surface area contributed by atoms with E-state index >= 15 is 0 Å². The van der Waals surface area contributed by atoms with Crippen molar-refractivity contribution in [3.8, 4) is 11.5 Å². The van der Waals surface area contributed by atoms with E-state index in [1.807, 2.05) is 14.0 Å². The Hall–Kier alpha value is -1.10. The summed E-state index contributed by atoms with van der Waals surface area (Å²) in [6.45, 7) is 2.04. The fourth-order valence-electron chi connectivity index (χ4n) is 1.66. The summed E-state index contributed by atoms with van der Waals surface area (Å²) >= 11 is 12.1. The van der Waals surface area contributed by atoms with Crippen molar-refractivity contribution in [2.75, 3.05) is 7.05 Å². The van der Waals surface area contributed by atoms with E-state index in [9.17, 15) is 0 Å². The van der Waals surface area contributed by atoms with Crippen molar-refractivity contribution in [2.24, 2.45) is 0 Å². The van der Waals surface area contributed by atoms with Gasteiger partial charge in [0.15, 0.2) is 0 Å². The minimum atomic E-state index is 0.0456. The van der Waals surface area contributed by atoms with Gasteiger partial charge in [-0.1, -0.05) is 36.2 Å². The number of hydrogen-bond acceptors (Lipinski definition) is 4. The summed E-state index contributed by atoms with van der Waals surface area (Å²) in [5.74, 6) is 0.928. The molecule has 0 bridgehead atoms. The fraction of sp³-hybridized carbons (Fsp3) is 0.333. The van der Waals surface area contributed by atoms with Crippen LogP contribution in [-0.2, 0) is 0 Å². The predicted octanol–water partition coefficient (Wildman–Crippen LogP) is 3.71. The van der Waals surface area contributed by atoms with Gasteiger partial charge in [0.05, 0.1) is 21.7 Å². The van der Waals surface area contributed by atoms with E-state index in [0.717, 1.165) is 6.42 Å². The molecule has 0 spiro atoms. The molecular formula is C12H13Cl2N3O. The standard InChI is InChI=1S/C12H13Cl2N3O/c1-3-9(15-2)12-17-16-11(18-12)7-5-4-6-8(13)10(7)14/h4-6,9,15H,3H2,1-2H3. The highest BCUT2D eigenvalue weighted by Crippen LogP contribution is 2.33. The van der Waals surface area contributed by atoms with Crippen molar-refractivity contribution in [1.82, 2.24) is 15.5 Å². The summed E-state index contributed by atoms with van der Waals surface area (Å²) < 4.78 is 5.62. The van der Waals surface area contributed by atoms with Crippen LogP contribution < -0.4 is 5.32 Å². The van der Waals surface area contributed by atoms with Gasteiger partial charge in [-0.2, -0.15) is 0 Å². The van der Waals surface area contributed by atoms with Crippen molar-refractivity contribution in [3.63, 3.8) is 0 Å². The van der Waals surface area contributed by atoms with Gasteiger partial charge in [0, 0.05) is 0 Å². The molecule has 0 aliphatic heterocycles. The highest BCUT2D eigenvalue weighted by atomic mass is 35.5. The highest BCUT2D eigenvalue weighted by Gasteiger charge is 2.18. The molecular weight excluding hydrogens is 273 g/mol. The zero-order chi connectivity index (χ0) is 13.1. The first kappa shape index (κ1) is 13.3. The number of nitrogens with zero attached hydrogens (tertiary/aromatic N) is 2. The Kier molecular flexibility index (Phi) is 4.22. The average molecular weight is 286 g/mol. The number of hydrogen-bond donors (Lipinski definition) is 1. The monoisotopic (exact) mass is 285 g/mol. The predicted molar refractivity (Wildman–Crippen MR) is 71.8 cm³/mol. The van der Waals surface area contributed by atoms with Gasteiger partial charge in [-0.25, -0.2) is 0 Å². The second-order valence-electron chi connectivity index (χ2n) is 3.80. The molecule has 1 N–H and O–H groups in total. The topological polar surface area (TPSA) is 51.0 Å². The van der Waals surface area contributed by atoms with Gasteiger partial charge in [-0.3, -0.25) is 0 Å². The zero-order valence-corrected chi connectivity index (χ0v) is 11.6. The molecule has 1 aromatic carbocycles. The summed E-state index contributed by atoms with van der Waals surface area (Å²) in [7, 11) is 1.85. The van der Waals surface area contributed by atoms with Crippen LogP contribution in [0.5, 0.6) is 0 Å². The number of nitrogens with one attached hydrogen (secondary N) is 1. The molecule has 96 valence electrons. The smallest absolute Gasteiger partial charge is 0.249 e. The SMILES string of the molecule is CCC(NC)c1nnc(-c2cccc(Cl)c2Cl)o1. The first-order valence-corrected chi connectivity index (χ1v) is 6.38. The van der Waals surface area contributed by atoms with Crippen LogP contribution in [0, 0.1) is 0 Å². The van der Waals surface area contributed by atoms with Gasteiger partial charge in [0.25, 0.3) is 0 Å². The molecule has 18 heavy (non-hydrogen) atoms. The van der Waals surface area contributed by atoms with Crippen LogP contribution in [0.4, 0.5) is 0 Å². The van der Waals surface area contributed by atoms with Gasteiger partial charge in [0.2, 0.25) is 11.8 Å². The van der Waals surface area contributed by atoms with Crippen LogP contribution in [0.25, 0.3) is 11.5 Å². The molecule has 0 fully saturated rings. The number of rotatable bonds is 4. The van der Waals surface area contributed by atoms with E-state index in [1.54, 1.807) is 18.2 Å². The van der Waals surface area contributed by atoms with Crippen LogP contribution >= 0.6 is 23.2 Å². The van der Waals surface area contributed by atoms with Crippen LogP contribution in [0.15, 0.2) is 22.6 Å². The minimum absolute atomic E-state index is 0.0456. The van der Waals surface area contributed by atoms with Gasteiger partial charge in [-0.05, 0) is 25.6 Å². The average Bonchev–Trinajstić information content (AvgIpc) is 2.84. The molecule has 0 radical (unpaired) electrons. The molecule has 0 saturated carbocycles. The summed E-state index contributed by atoms with van der Waals surface area (Å²) in [6, 6.07) is 5.35. The van der Waals surface area contributed by atoms with Gasteiger partial charge in [-0.15, -0.1) is 10.2 Å². The lowest BCUT2D eigenvalue weighted by molar-refractivity contribution is 0.415. The molecule has 0 aliphatic rings. The Morgan fingerprint density at radius 2 is 2.11 bits per heavy atom. The first-order chi connectivity index (χ1) is 8.67. The molecule has 1 unspecified atom stereocenters. The molecule has 4 nitrogen and oxygen atoms in total. The molecule has 1 atom stereocenters. The Balaban J connectivity index is 2.38. The van der Waals surface area contributed by atoms with E-state index in [-0.39, 0.29) is 6.04 Å². The number of benzene rings is 1. The van der Waals surface area contributed by atoms with Crippen molar-refractivity contribution >= 4 is 23.2 Å². The van der Waals surface area contributed by atoms with Gasteiger partial charge >= 0.3 is 0 Å². The van der Waals surface area contributed by atoms with E-state index < -0.39 is 0 Å². The molecule has 2 aromatic rings. The molecule has 6 heteroatoms. The van der Waals surface area contributed by atoms with E-state index in [1.165, 1.54) is 0 Å². The van der Waals surface area contributed by atoms with Crippen LogP contribution in [0.3, 0.4) is 0 Å². The zero-order valence-electron chi connectivity index (χ0n) is 10.1. The summed E-state index contributed by atoms with van der Waals surface area (Å²) in [5.41, 5.74) is 0.647. The van der Waals surface area contributed by atoms with Crippen molar-refractivity contribution < 1.29 is 4.42 Å². The second kappa shape index (κ2) is 5.69.